The van der Waals surface area contributed by atoms with Crippen LogP contribution in [0.3, 0.4) is 0 Å². The number of fused-ring (bicyclic) bond motifs is 1. The van der Waals surface area contributed by atoms with E-state index in [1.165, 1.54) is 5.32 Å². The van der Waals surface area contributed by atoms with Gasteiger partial charge in [0.1, 0.15) is 6.54 Å². The van der Waals surface area contributed by atoms with Crippen LogP contribution in [-0.2, 0) is 25.5 Å². The first-order valence-electron chi connectivity index (χ1n) is 10.4. The summed E-state index contributed by atoms with van der Waals surface area (Å²) in [6.07, 6.45) is -1.42. The molecule has 0 spiro atoms. The lowest BCUT2D eigenvalue weighted by molar-refractivity contribution is -0.157. The molecule has 0 aromatic heterocycles. The Labute approximate surface area is 182 Å². The number of halogens is 3. The number of rotatable bonds is 5. The van der Waals surface area contributed by atoms with E-state index in [0.717, 1.165) is 30.5 Å². The molecular weight excluding hydrogens is 431 g/mol. The van der Waals surface area contributed by atoms with Gasteiger partial charge in [-0.15, -0.1) is 0 Å². The fourth-order valence-corrected chi connectivity index (χ4v) is 4.11. The second kappa shape index (κ2) is 10.0. The van der Waals surface area contributed by atoms with Crippen LogP contribution in [0.2, 0.25) is 0 Å². The zero-order chi connectivity index (χ0) is 23.3. The summed E-state index contributed by atoms with van der Waals surface area (Å²) in [4.78, 5) is 50.5. The summed E-state index contributed by atoms with van der Waals surface area (Å²) >= 11 is 0. The molecule has 2 aliphatic rings. The average Bonchev–Trinajstić information content (AvgIpc) is 3.19. The highest BCUT2D eigenvalue weighted by Crippen LogP contribution is 2.36. The quantitative estimate of drug-likeness (QED) is 0.663. The van der Waals surface area contributed by atoms with Crippen molar-refractivity contribution in [2.24, 2.45) is 11.8 Å². The lowest BCUT2D eigenvalue weighted by Crippen LogP contribution is -2.45. The number of hydrogen-bond acceptors (Lipinski definition) is 5. The standard InChI is InChI=1S/C21H24F3N3O5/c22-21(23,24)12-25-20(31)26-17(28)11-32-19(30)15-7-3-2-6-14(15)18(29)27-10-9-13-5-1-4-8-16(13)27/h1,4-5,8,14-15H,2-3,6-7,9-12H2,(H2,25,26,28,31). The number of hydrogen-bond donors (Lipinski definition) is 2. The Bertz CT molecular complexity index is 890. The predicted molar refractivity (Wildman–Crippen MR) is 107 cm³/mol. The molecule has 1 fully saturated rings. The van der Waals surface area contributed by atoms with E-state index in [0.29, 0.717) is 19.4 Å². The van der Waals surface area contributed by atoms with Gasteiger partial charge >= 0.3 is 18.2 Å². The average molecular weight is 455 g/mol. The monoisotopic (exact) mass is 455 g/mol. The number of para-hydroxylation sites is 1. The van der Waals surface area contributed by atoms with Crippen molar-refractivity contribution in [3.8, 4) is 0 Å². The minimum absolute atomic E-state index is 0.160. The van der Waals surface area contributed by atoms with E-state index in [2.05, 4.69) is 0 Å². The van der Waals surface area contributed by atoms with Gasteiger partial charge in [-0.3, -0.25) is 19.7 Å². The molecule has 8 nitrogen and oxygen atoms in total. The highest BCUT2D eigenvalue weighted by molar-refractivity contribution is 5.99. The minimum Gasteiger partial charge on any atom is -0.455 e. The SMILES string of the molecule is O=C(COC(=O)C1CCCCC1C(=O)N1CCc2ccccc21)NC(=O)NCC(F)(F)F. The predicted octanol–water partition coefficient (Wildman–Crippen LogP) is 2.31. The van der Waals surface area contributed by atoms with Crippen LogP contribution in [0.25, 0.3) is 0 Å². The van der Waals surface area contributed by atoms with E-state index in [1.807, 2.05) is 24.3 Å². The summed E-state index contributed by atoms with van der Waals surface area (Å²) in [6, 6.07) is 6.23. The van der Waals surface area contributed by atoms with Crippen molar-refractivity contribution in [1.82, 2.24) is 10.6 Å². The largest absolute Gasteiger partial charge is 0.455 e. The van der Waals surface area contributed by atoms with Crippen molar-refractivity contribution in [2.45, 2.75) is 38.3 Å². The van der Waals surface area contributed by atoms with Gasteiger partial charge in [-0.25, -0.2) is 4.79 Å². The molecule has 1 aromatic carbocycles. The second-order valence-electron chi connectivity index (χ2n) is 7.82. The van der Waals surface area contributed by atoms with Gasteiger partial charge in [-0.1, -0.05) is 31.0 Å². The molecule has 1 heterocycles. The van der Waals surface area contributed by atoms with Crippen molar-refractivity contribution >= 4 is 29.5 Å². The van der Waals surface area contributed by atoms with Crippen molar-refractivity contribution in [3.63, 3.8) is 0 Å². The van der Waals surface area contributed by atoms with Gasteiger partial charge in [0, 0.05) is 12.2 Å². The van der Waals surface area contributed by atoms with E-state index < -0.39 is 49.1 Å². The van der Waals surface area contributed by atoms with Crippen LogP contribution < -0.4 is 15.5 Å². The third kappa shape index (κ3) is 5.98. The first kappa shape index (κ1) is 23.6. The number of ether oxygens (including phenoxy) is 1. The molecule has 2 atom stereocenters. The number of amides is 4. The molecular formula is C21H24F3N3O5. The number of carbonyl (C=O) groups is 4. The molecule has 174 valence electrons. The Balaban J connectivity index is 1.54. The highest BCUT2D eigenvalue weighted by atomic mass is 19.4. The van der Waals surface area contributed by atoms with Gasteiger partial charge in [0.25, 0.3) is 5.91 Å². The Morgan fingerprint density at radius 1 is 1.06 bits per heavy atom. The summed E-state index contributed by atoms with van der Waals surface area (Å²) in [6.45, 7) is -1.90. The van der Waals surface area contributed by atoms with Gasteiger partial charge in [0.2, 0.25) is 5.91 Å². The number of nitrogens with one attached hydrogen (secondary N) is 2. The molecule has 4 amide bonds. The fourth-order valence-electron chi connectivity index (χ4n) is 4.11. The molecule has 0 bridgehead atoms. The number of esters is 1. The molecule has 0 radical (unpaired) electrons. The third-order valence-corrected chi connectivity index (χ3v) is 5.59. The topological polar surface area (TPSA) is 105 Å². The van der Waals surface area contributed by atoms with Gasteiger partial charge in [-0.2, -0.15) is 13.2 Å². The summed E-state index contributed by atoms with van der Waals surface area (Å²) in [5.74, 6) is -3.27. The van der Waals surface area contributed by atoms with Crippen LogP contribution in [0.5, 0.6) is 0 Å². The van der Waals surface area contributed by atoms with Gasteiger partial charge in [0.15, 0.2) is 6.61 Å². The molecule has 2 unspecified atom stereocenters. The summed E-state index contributed by atoms with van der Waals surface area (Å²) in [5, 5.41) is 3.14. The van der Waals surface area contributed by atoms with Crippen LogP contribution in [-0.4, -0.2) is 49.7 Å². The van der Waals surface area contributed by atoms with Gasteiger partial charge in [-0.05, 0) is 30.9 Å². The van der Waals surface area contributed by atoms with Crippen molar-refractivity contribution in [1.29, 1.82) is 0 Å². The smallest absolute Gasteiger partial charge is 0.405 e. The number of benzene rings is 1. The van der Waals surface area contributed by atoms with Crippen LogP contribution in [0, 0.1) is 11.8 Å². The van der Waals surface area contributed by atoms with Crippen LogP contribution in [0.1, 0.15) is 31.2 Å². The van der Waals surface area contributed by atoms with E-state index >= 15 is 0 Å². The summed E-state index contributed by atoms with van der Waals surface area (Å²) in [5.41, 5.74) is 1.90. The number of anilines is 1. The van der Waals surface area contributed by atoms with Gasteiger partial charge < -0.3 is 15.0 Å². The van der Waals surface area contributed by atoms with E-state index in [4.69, 9.17) is 4.74 Å². The minimum atomic E-state index is -4.62. The third-order valence-electron chi connectivity index (χ3n) is 5.59. The lowest BCUT2D eigenvalue weighted by Gasteiger charge is -2.32. The number of carbonyl (C=O) groups excluding carboxylic acids is 4. The first-order chi connectivity index (χ1) is 15.2. The first-order valence-corrected chi connectivity index (χ1v) is 10.4. The van der Waals surface area contributed by atoms with Crippen LogP contribution >= 0.6 is 0 Å². The Kier molecular flexibility index (Phi) is 7.37. The zero-order valence-electron chi connectivity index (χ0n) is 17.2. The molecule has 1 saturated carbocycles. The van der Waals surface area contributed by atoms with Crippen molar-refractivity contribution in [2.75, 3.05) is 24.6 Å². The van der Waals surface area contributed by atoms with Crippen molar-refractivity contribution < 1.29 is 37.1 Å². The zero-order valence-corrected chi connectivity index (χ0v) is 17.2. The van der Waals surface area contributed by atoms with Gasteiger partial charge in [0.05, 0.1) is 11.8 Å². The highest BCUT2D eigenvalue weighted by Gasteiger charge is 2.40. The Hall–Kier alpha value is -3.11. The van der Waals surface area contributed by atoms with E-state index in [9.17, 15) is 32.3 Å². The maximum absolute atomic E-state index is 13.2. The van der Waals surface area contributed by atoms with E-state index in [1.54, 1.807) is 10.2 Å². The molecule has 1 aromatic rings. The fraction of sp³-hybridized carbons (Fsp3) is 0.524. The number of alkyl halides is 3. The number of nitrogens with zero attached hydrogens (tertiary/aromatic N) is 1. The molecule has 1 aliphatic heterocycles. The van der Waals surface area contributed by atoms with Crippen molar-refractivity contribution in [3.05, 3.63) is 29.8 Å². The Morgan fingerprint density at radius 2 is 1.75 bits per heavy atom. The molecule has 1 aliphatic carbocycles. The second-order valence-corrected chi connectivity index (χ2v) is 7.82. The number of imide groups is 1. The Morgan fingerprint density at radius 3 is 2.47 bits per heavy atom. The maximum atomic E-state index is 13.2. The molecule has 0 saturated heterocycles. The van der Waals surface area contributed by atoms with E-state index in [-0.39, 0.29) is 5.91 Å². The maximum Gasteiger partial charge on any atom is 0.405 e. The molecule has 32 heavy (non-hydrogen) atoms. The lowest BCUT2D eigenvalue weighted by atomic mass is 9.78. The summed E-state index contributed by atoms with van der Waals surface area (Å²) in [7, 11) is 0. The summed E-state index contributed by atoms with van der Waals surface area (Å²) < 4.78 is 41.2. The molecule has 11 heteroatoms. The number of urea groups is 1. The van der Waals surface area contributed by atoms with Crippen LogP contribution in [0.4, 0.5) is 23.7 Å². The van der Waals surface area contributed by atoms with Crippen LogP contribution in [0.15, 0.2) is 24.3 Å². The normalized spacial score (nSPS) is 20.3. The molecule has 2 N–H and O–H groups in total. The molecule has 3 rings (SSSR count).